The Labute approximate surface area is 89.1 Å². The van der Waals surface area contributed by atoms with Gasteiger partial charge in [-0.3, -0.25) is 0 Å². The molecule has 0 bridgehead atoms. The summed E-state index contributed by atoms with van der Waals surface area (Å²) < 4.78 is 34.0. The summed E-state index contributed by atoms with van der Waals surface area (Å²) >= 11 is 8.50. The topological polar surface area (TPSA) is 34.1 Å². The summed E-state index contributed by atoms with van der Waals surface area (Å²) in [7, 11) is -4.76. The van der Waals surface area contributed by atoms with Crippen molar-refractivity contribution < 1.29 is 12.3 Å². The zero-order valence-corrected chi connectivity index (χ0v) is 9.67. The van der Waals surface area contributed by atoms with Crippen molar-refractivity contribution in [3.8, 4) is 0 Å². The first-order chi connectivity index (χ1) is 5.82. The smallest absolute Gasteiger partial charge is 0.189 e. The van der Waals surface area contributed by atoms with E-state index in [0.717, 1.165) is 5.56 Å². The highest BCUT2D eigenvalue weighted by molar-refractivity contribution is 9.10. The molecule has 1 rings (SSSR count). The van der Waals surface area contributed by atoms with Crippen LogP contribution in [0.5, 0.6) is 0 Å². The molecule has 0 amide bonds. The second-order valence-corrected chi connectivity index (χ2v) is 5.04. The minimum atomic E-state index is -4.76. The molecule has 0 aliphatic heterocycles. The number of hydrogen-bond acceptors (Lipinski definition) is 2. The summed E-state index contributed by atoms with van der Waals surface area (Å²) in [6.07, 6.45) is 0. The predicted octanol–water partition coefficient (Wildman–Crippen LogP) is 3.07. The van der Waals surface area contributed by atoms with Crippen molar-refractivity contribution >= 4 is 37.8 Å². The highest BCUT2D eigenvalue weighted by Crippen LogP contribution is 2.31. The van der Waals surface area contributed by atoms with Gasteiger partial charge in [0.2, 0.25) is 0 Å². The molecule has 0 heterocycles. The van der Waals surface area contributed by atoms with Crippen LogP contribution in [0.15, 0.2) is 21.5 Å². The molecule has 0 atom stereocenters. The molecule has 0 aromatic heterocycles. The van der Waals surface area contributed by atoms with Crippen LogP contribution in [0, 0.1) is 6.92 Å². The van der Waals surface area contributed by atoms with Crippen LogP contribution in [-0.4, -0.2) is 8.42 Å². The van der Waals surface area contributed by atoms with Crippen molar-refractivity contribution in [2.75, 3.05) is 0 Å². The molecular formula is C7H5BrClFO2S. The van der Waals surface area contributed by atoms with Gasteiger partial charge >= 0.3 is 10.2 Å². The average molecular weight is 288 g/mol. The van der Waals surface area contributed by atoms with Crippen molar-refractivity contribution in [3.63, 3.8) is 0 Å². The molecule has 0 saturated heterocycles. The third-order valence-electron chi connectivity index (χ3n) is 1.39. The van der Waals surface area contributed by atoms with Gasteiger partial charge in [-0.2, -0.15) is 8.42 Å². The Morgan fingerprint density at radius 2 is 2.00 bits per heavy atom. The van der Waals surface area contributed by atoms with Crippen LogP contribution in [0.4, 0.5) is 3.89 Å². The number of benzene rings is 1. The SMILES string of the molecule is Cc1cc(Cl)c(S(=O)(=O)F)c(Br)c1. The molecule has 0 radical (unpaired) electrons. The molecule has 0 aliphatic carbocycles. The first-order valence-corrected chi connectivity index (χ1v) is 5.78. The Bertz CT molecular complexity index is 421. The lowest BCUT2D eigenvalue weighted by molar-refractivity contribution is 0.551. The minimum absolute atomic E-state index is 0.116. The zero-order valence-electron chi connectivity index (χ0n) is 6.51. The molecule has 0 saturated carbocycles. The molecule has 1 aromatic rings. The Kier molecular flexibility index (Phi) is 2.99. The molecule has 1 aromatic carbocycles. The Morgan fingerprint density at radius 1 is 1.46 bits per heavy atom. The van der Waals surface area contributed by atoms with Gasteiger partial charge in [0.25, 0.3) is 0 Å². The van der Waals surface area contributed by atoms with Crippen molar-refractivity contribution in [2.24, 2.45) is 0 Å². The minimum Gasteiger partial charge on any atom is -0.189 e. The fourth-order valence-electron chi connectivity index (χ4n) is 0.920. The lowest BCUT2D eigenvalue weighted by Crippen LogP contribution is -1.95. The first-order valence-electron chi connectivity index (χ1n) is 3.22. The van der Waals surface area contributed by atoms with Crippen LogP contribution >= 0.6 is 27.5 Å². The van der Waals surface area contributed by atoms with E-state index in [2.05, 4.69) is 15.9 Å². The number of halogens is 3. The molecule has 72 valence electrons. The Hall–Kier alpha value is -0.130. The molecule has 13 heavy (non-hydrogen) atoms. The van der Waals surface area contributed by atoms with Crippen LogP contribution in [0.3, 0.4) is 0 Å². The molecule has 6 heteroatoms. The maximum Gasteiger partial charge on any atom is 0.334 e. The van der Waals surface area contributed by atoms with Gasteiger partial charge in [-0.15, -0.1) is 3.89 Å². The lowest BCUT2D eigenvalue weighted by atomic mass is 10.2. The van der Waals surface area contributed by atoms with Crippen LogP contribution < -0.4 is 0 Å². The van der Waals surface area contributed by atoms with Gasteiger partial charge in [0.1, 0.15) is 4.90 Å². The second-order valence-electron chi connectivity index (χ2n) is 2.50. The van der Waals surface area contributed by atoms with Gasteiger partial charge in [0, 0.05) is 4.47 Å². The van der Waals surface area contributed by atoms with E-state index in [1.807, 2.05) is 0 Å². The fourth-order valence-corrected chi connectivity index (χ4v) is 3.32. The number of hydrogen-bond donors (Lipinski definition) is 0. The van der Waals surface area contributed by atoms with Gasteiger partial charge in [0.15, 0.2) is 0 Å². The van der Waals surface area contributed by atoms with Gasteiger partial charge < -0.3 is 0 Å². The van der Waals surface area contributed by atoms with E-state index in [1.54, 1.807) is 6.92 Å². The number of aryl methyl sites for hydroxylation is 1. The maximum atomic E-state index is 12.6. The monoisotopic (exact) mass is 286 g/mol. The summed E-state index contributed by atoms with van der Waals surface area (Å²) in [6, 6.07) is 2.87. The summed E-state index contributed by atoms with van der Waals surface area (Å²) in [4.78, 5) is -0.514. The maximum absolute atomic E-state index is 12.6. The van der Waals surface area contributed by atoms with Gasteiger partial charge in [0.05, 0.1) is 5.02 Å². The van der Waals surface area contributed by atoms with E-state index in [9.17, 15) is 12.3 Å². The van der Waals surface area contributed by atoms with E-state index in [1.165, 1.54) is 12.1 Å². The molecule has 0 spiro atoms. The first kappa shape index (κ1) is 10.9. The van der Waals surface area contributed by atoms with E-state index in [4.69, 9.17) is 11.6 Å². The van der Waals surface area contributed by atoms with E-state index >= 15 is 0 Å². The van der Waals surface area contributed by atoms with Gasteiger partial charge in [-0.05, 0) is 40.5 Å². The van der Waals surface area contributed by atoms with Crippen LogP contribution in [0.25, 0.3) is 0 Å². The molecule has 0 N–H and O–H groups in total. The Balaban J connectivity index is 3.57. The largest absolute Gasteiger partial charge is 0.334 e. The Morgan fingerprint density at radius 3 is 2.38 bits per heavy atom. The average Bonchev–Trinajstić information content (AvgIpc) is 1.78. The van der Waals surface area contributed by atoms with E-state index < -0.39 is 15.1 Å². The molecule has 2 nitrogen and oxygen atoms in total. The molecular weight excluding hydrogens is 282 g/mol. The molecule has 0 fully saturated rings. The zero-order chi connectivity index (χ0) is 10.2. The third kappa shape index (κ3) is 2.42. The van der Waals surface area contributed by atoms with Crippen molar-refractivity contribution in [1.29, 1.82) is 0 Å². The second kappa shape index (κ2) is 3.55. The van der Waals surface area contributed by atoms with Crippen LogP contribution in [0.2, 0.25) is 5.02 Å². The predicted molar refractivity (Wildman–Crippen MR) is 52.2 cm³/mol. The number of rotatable bonds is 1. The van der Waals surface area contributed by atoms with E-state index in [0.29, 0.717) is 0 Å². The quantitative estimate of drug-likeness (QED) is 0.744. The third-order valence-corrected chi connectivity index (χ3v) is 3.61. The summed E-state index contributed by atoms with van der Waals surface area (Å²) in [5, 5.41) is -0.116. The fraction of sp³-hybridized carbons (Fsp3) is 0.143. The van der Waals surface area contributed by atoms with Crippen molar-refractivity contribution in [1.82, 2.24) is 0 Å². The lowest BCUT2D eigenvalue weighted by Gasteiger charge is -2.03. The normalized spacial score (nSPS) is 11.7. The highest BCUT2D eigenvalue weighted by atomic mass is 79.9. The highest BCUT2D eigenvalue weighted by Gasteiger charge is 2.20. The van der Waals surface area contributed by atoms with Gasteiger partial charge in [-0.25, -0.2) is 0 Å². The van der Waals surface area contributed by atoms with E-state index in [-0.39, 0.29) is 9.50 Å². The summed E-state index contributed by atoms with van der Waals surface area (Å²) in [5.41, 5.74) is 0.754. The van der Waals surface area contributed by atoms with Crippen molar-refractivity contribution in [2.45, 2.75) is 11.8 Å². The molecule has 0 aliphatic rings. The van der Waals surface area contributed by atoms with Crippen LogP contribution in [-0.2, 0) is 10.2 Å². The molecule has 0 unspecified atom stereocenters. The van der Waals surface area contributed by atoms with Crippen LogP contribution in [0.1, 0.15) is 5.56 Å². The van der Waals surface area contributed by atoms with Gasteiger partial charge in [-0.1, -0.05) is 11.6 Å². The van der Waals surface area contributed by atoms with Crippen molar-refractivity contribution in [3.05, 3.63) is 27.2 Å². The summed E-state index contributed by atoms with van der Waals surface area (Å²) in [6.45, 7) is 1.73. The standard InChI is InChI=1S/C7H5BrClFO2S/c1-4-2-5(8)7(6(9)3-4)13(10,11)12/h2-3H,1H3. The summed E-state index contributed by atoms with van der Waals surface area (Å²) in [5.74, 6) is 0.